The molecule has 0 radical (unpaired) electrons. The van der Waals surface area contributed by atoms with Gasteiger partial charge in [-0.1, -0.05) is 30.3 Å². The highest BCUT2D eigenvalue weighted by Crippen LogP contribution is 2.17. The van der Waals surface area contributed by atoms with Crippen molar-refractivity contribution in [2.45, 2.75) is 31.7 Å². The number of halogens is 1. The van der Waals surface area contributed by atoms with Crippen molar-refractivity contribution in [3.63, 3.8) is 0 Å². The van der Waals surface area contributed by atoms with Crippen molar-refractivity contribution in [2.24, 2.45) is 5.92 Å². The maximum atomic E-state index is 12.4. The van der Waals surface area contributed by atoms with Crippen LogP contribution < -0.4 is 10.6 Å². The Kier molecular flexibility index (Phi) is 8.13. The number of piperidine rings is 1. The summed E-state index contributed by atoms with van der Waals surface area (Å²) in [7, 11) is 0. The molecule has 2 amide bonds. The van der Waals surface area contributed by atoms with E-state index in [9.17, 15) is 9.59 Å². The highest BCUT2D eigenvalue weighted by molar-refractivity contribution is 5.91. The van der Waals surface area contributed by atoms with Crippen LogP contribution in [0.2, 0.25) is 0 Å². The van der Waals surface area contributed by atoms with Gasteiger partial charge in [0, 0.05) is 25.7 Å². The molecule has 0 aliphatic carbocycles. The van der Waals surface area contributed by atoms with Gasteiger partial charge in [-0.05, 0) is 49.8 Å². The molecule has 2 aliphatic heterocycles. The number of benzene rings is 1. The fourth-order valence-electron chi connectivity index (χ4n) is 3.55. The normalized spacial score (nSPS) is 22.8. The number of hydrogen-bond donors (Lipinski definition) is 2. The molecule has 3 rings (SSSR count). The molecular formula is C20H28ClN3O2. The Balaban J connectivity index is 0.00000243. The van der Waals surface area contributed by atoms with E-state index in [4.69, 9.17) is 0 Å². The Hall–Kier alpha value is -1.85. The molecule has 6 heteroatoms. The number of carbonyl (C=O) groups excluding carboxylic acids is 2. The summed E-state index contributed by atoms with van der Waals surface area (Å²) in [6.45, 7) is 3.10. The lowest BCUT2D eigenvalue weighted by Crippen LogP contribution is -2.46. The molecule has 2 atom stereocenters. The molecule has 1 aromatic carbocycles. The topological polar surface area (TPSA) is 61.4 Å². The lowest BCUT2D eigenvalue weighted by atomic mass is 9.97. The van der Waals surface area contributed by atoms with Crippen molar-refractivity contribution in [1.29, 1.82) is 0 Å². The summed E-state index contributed by atoms with van der Waals surface area (Å²) in [5.41, 5.74) is 1.03. The van der Waals surface area contributed by atoms with E-state index >= 15 is 0 Å². The number of nitrogens with zero attached hydrogens (tertiary/aromatic N) is 1. The molecule has 2 saturated heterocycles. The van der Waals surface area contributed by atoms with Crippen molar-refractivity contribution in [2.75, 3.05) is 26.2 Å². The van der Waals surface area contributed by atoms with Crippen LogP contribution in [-0.2, 0) is 9.59 Å². The standard InChI is InChI=1S/C20H27N3O2.ClH/c24-19(11-10-16-6-2-1-3-7-16)23-13-5-8-17(15-23)14-22-20(25)18-9-4-12-21-18;/h1-3,6-7,10-11,17-18,21H,4-5,8-9,12-15H2,(H,22,25);1H/b11-10+;. The molecule has 2 N–H and O–H groups in total. The summed E-state index contributed by atoms with van der Waals surface area (Å²) < 4.78 is 0. The van der Waals surface area contributed by atoms with E-state index in [-0.39, 0.29) is 30.3 Å². The minimum atomic E-state index is -0.0323. The number of likely N-dealkylation sites (tertiary alicyclic amines) is 1. The molecule has 26 heavy (non-hydrogen) atoms. The second kappa shape index (κ2) is 10.3. The van der Waals surface area contributed by atoms with Gasteiger partial charge in [0.1, 0.15) is 0 Å². The van der Waals surface area contributed by atoms with Gasteiger partial charge in [0.25, 0.3) is 0 Å². The number of carbonyl (C=O) groups is 2. The van der Waals surface area contributed by atoms with Crippen LogP contribution >= 0.6 is 12.4 Å². The van der Waals surface area contributed by atoms with Crippen LogP contribution in [0.25, 0.3) is 6.08 Å². The zero-order chi connectivity index (χ0) is 17.5. The van der Waals surface area contributed by atoms with Gasteiger partial charge in [0.05, 0.1) is 6.04 Å². The van der Waals surface area contributed by atoms with Crippen LogP contribution in [-0.4, -0.2) is 48.9 Å². The molecule has 2 unspecified atom stereocenters. The molecule has 0 bridgehead atoms. The Morgan fingerprint density at radius 2 is 2.00 bits per heavy atom. The first-order valence-corrected chi connectivity index (χ1v) is 9.25. The molecule has 2 aliphatic rings. The Labute approximate surface area is 161 Å². The van der Waals surface area contributed by atoms with Crippen molar-refractivity contribution in [3.05, 3.63) is 42.0 Å². The molecule has 0 aromatic heterocycles. The number of nitrogens with one attached hydrogen (secondary N) is 2. The minimum Gasteiger partial charge on any atom is -0.354 e. The SMILES string of the molecule is Cl.O=C(NCC1CCCN(C(=O)/C=C/c2ccccc2)C1)C1CCCN1. The Morgan fingerprint density at radius 3 is 2.73 bits per heavy atom. The lowest BCUT2D eigenvalue weighted by Gasteiger charge is -2.32. The van der Waals surface area contributed by atoms with Crippen molar-refractivity contribution in [1.82, 2.24) is 15.5 Å². The third-order valence-electron chi connectivity index (χ3n) is 4.99. The predicted molar refractivity (Wildman–Crippen MR) is 106 cm³/mol. The smallest absolute Gasteiger partial charge is 0.246 e. The van der Waals surface area contributed by atoms with Gasteiger partial charge in [0.2, 0.25) is 11.8 Å². The van der Waals surface area contributed by atoms with E-state index in [2.05, 4.69) is 10.6 Å². The number of amides is 2. The first kappa shape index (κ1) is 20.5. The van der Waals surface area contributed by atoms with Crippen LogP contribution in [0.15, 0.2) is 36.4 Å². The zero-order valence-electron chi connectivity index (χ0n) is 15.0. The maximum absolute atomic E-state index is 12.4. The van der Waals surface area contributed by atoms with E-state index in [1.807, 2.05) is 41.3 Å². The molecule has 2 heterocycles. The van der Waals surface area contributed by atoms with Crippen molar-refractivity contribution in [3.8, 4) is 0 Å². The quantitative estimate of drug-likeness (QED) is 0.773. The van der Waals surface area contributed by atoms with Crippen LogP contribution in [0, 0.1) is 5.92 Å². The summed E-state index contributed by atoms with van der Waals surface area (Å²) in [4.78, 5) is 26.4. The van der Waals surface area contributed by atoms with E-state index < -0.39 is 0 Å². The molecule has 5 nitrogen and oxygen atoms in total. The van der Waals surface area contributed by atoms with E-state index in [0.717, 1.165) is 50.9 Å². The molecule has 142 valence electrons. The average molecular weight is 378 g/mol. The predicted octanol–water partition coefficient (Wildman–Crippen LogP) is 2.23. The Morgan fingerprint density at radius 1 is 1.19 bits per heavy atom. The summed E-state index contributed by atoms with van der Waals surface area (Å²) in [6.07, 6.45) is 7.55. The lowest BCUT2D eigenvalue weighted by molar-refractivity contribution is -0.127. The third-order valence-corrected chi connectivity index (χ3v) is 4.99. The second-order valence-electron chi connectivity index (χ2n) is 6.93. The maximum Gasteiger partial charge on any atom is 0.246 e. The minimum absolute atomic E-state index is 0. The summed E-state index contributed by atoms with van der Waals surface area (Å²) in [6, 6.07) is 9.82. The highest BCUT2D eigenvalue weighted by atomic mass is 35.5. The van der Waals surface area contributed by atoms with E-state index in [1.54, 1.807) is 6.08 Å². The monoisotopic (exact) mass is 377 g/mol. The molecule has 1 aromatic rings. The van der Waals surface area contributed by atoms with Gasteiger partial charge in [0.15, 0.2) is 0 Å². The number of hydrogen-bond acceptors (Lipinski definition) is 3. The molecule has 0 saturated carbocycles. The number of rotatable bonds is 5. The van der Waals surface area contributed by atoms with Gasteiger partial charge < -0.3 is 15.5 Å². The first-order valence-electron chi connectivity index (χ1n) is 9.25. The summed E-state index contributed by atoms with van der Waals surface area (Å²) in [5, 5.41) is 6.27. The zero-order valence-corrected chi connectivity index (χ0v) is 15.8. The fraction of sp³-hybridized carbons (Fsp3) is 0.500. The molecule has 0 spiro atoms. The second-order valence-corrected chi connectivity index (χ2v) is 6.93. The van der Waals surface area contributed by atoms with Crippen LogP contribution in [0.4, 0.5) is 0 Å². The first-order chi connectivity index (χ1) is 12.2. The summed E-state index contributed by atoms with van der Waals surface area (Å²) >= 11 is 0. The van der Waals surface area contributed by atoms with Crippen LogP contribution in [0.5, 0.6) is 0 Å². The van der Waals surface area contributed by atoms with Gasteiger partial charge in [-0.3, -0.25) is 9.59 Å². The van der Waals surface area contributed by atoms with E-state index in [1.165, 1.54) is 0 Å². The highest BCUT2D eigenvalue weighted by Gasteiger charge is 2.25. The average Bonchev–Trinajstić information content (AvgIpc) is 3.20. The molecule has 2 fully saturated rings. The van der Waals surface area contributed by atoms with Crippen molar-refractivity contribution < 1.29 is 9.59 Å². The Bertz CT molecular complexity index is 615. The summed E-state index contributed by atoms with van der Waals surface area (Å²) in [5.74, 6) is 0.496. The van der Waals surface area contributed by atoms with Crippen LogP contribution in [0.1, 0.15) is 31.2 Å². The van der Waals surface area contributed by atoms with Crippen molar-refractivity contribution >= 4 is 30.3 Å². The third kappa shape index (κ3) is 5.85. The van der Waals surface area contributed by atoms with Gasteiger partial charge in [-0.25, -0.2) is 0 Å². The van der Waals surface area contributed by atoms with Crippen LogP contribution in [0.3, 0.4) is 0 Å². The van der Waals surface area contributed by atoms with Gasteiger partial charge in [-0.15, -0.1) is 12.4 Å². The van der Waals surface area contributed by atoms with E-state index in [0.29, 0.717) is 12.5 Å². The van der Waals surface area contributed by atoms with Gasteiger partial charge in [-0.2, -0.15) is 0 Å². The van der Waals surface area contributed by atoms with Gasteiger partial charge >= 0.3 is 0 Å². The largest absolute Gasteiger partial charge is 0.354 e. The fourth-order valence-corrected chi connectivity index (χ4v) is 3.55. The molecular weight excluding hydrogens is 350 g/mol.